The summed E-state index contributed by atoms with van der Waals surface area (Å²) < 4.78 is 27.5. The van der Waals surface area contributed by atoms with Gasteiger partial charge in [0.2, 0.25) is 5.88 Å². The van der Waals surface area contributed by atoms with Gasteiger partial charge in [-0.2, -0.15) is 0 Å². The number of halogens is 1. The minimum atomic E-state index is -1.93. The average Bonchev–Trinajstić information content (AvgIpc) is 2.72. The van der Waals surface area contributed by atoms with E-state index in [0.29, 0.717) is 23.7 Å². The molecule has 0 radical (unpaired) electrons. The normalized spacial score (nSPS) is 15.7. The number of piperazine rings is 1. The van der Waals surface area contributed by atoms with Crippen LogP contribution in [0.2, 0.25) is 18.1 Å². The summed E-state index contributed by atoms with van der Waals surface area (Å²) in [5, 5.41) is 0.101. The van der Waals surface area contributed by atoms with Crippen molar-refractivity contribution in [3.8, 4) is 5.88 Å². The Balaban J connectivity index is 1.62. The lowest BCUT2D eigenvalue weighted by Gasteiger charge is -2.38. The maximum Gasteiger partial charge on any atom is 0.213 e. The first-order valence-electron chi connectivity index (χ1n) is 11.8. The third-order valence-corrected chi connectivity index (χ3v) is 11.0. The smallest absolute Gasteiger partial charge is 0.213 e. The third-order valence-electron chi connectivity index (χ3n) is 6.57. The molecule has 0 saturated carbocycles. The van der Waals surface area contributed by atoms with Crippen molar-refractivity contribution in [2.45, 2.75) is 71.9 Å². The van der Waals surface area contributed by atoms with E-state index in [-0.39, 0.29) is 16.5 Å². The summed E-state index contributed by atoms with van der Waals surface area (Å²) in [4.78, 5) is 8.87. The molecule has 1 aromatic carbocycles. The van der Waals surface area contributed by atoms with Crippen LogP contribution in [0.3, 0.4) is 0 Å². The molecule has 2 aromatic rings. The Morgan fingerprint density at radius 1 is 0.939 bits per heavy atom. The van der Waals surface area contributed by atoms with Crippen molar-refractivity contribution >= 4 is 19.7 Å². The summed E-state index contributed by atoms with van der Waals surface area (Å²) in [5.41, 5.74) is 2.10. The van der Waals surface area contributed by atoms with E-state index < -0.39 is 8.32 Å². The number of pyridine rings is 1. The number of hydrogen-bond donors (Lipinski definition) is 0. The Hall–Kier alpha value is -2.12. The fourth-order valence-electron chi connectivity index (χ4n) is 3.54. The van der Waals surface area contributed by atoms with Crippen molar-refractivity contribution < 1.29 is 13.6 Å². The van der Waals surface area contributed by atoms with Crippen molar-refractivity contribution in [3.05, 3.63) is 47.9 Å². The number of rotatable bonds is 6. The number of aromatic nitrogens is 1. The van der Waals surface area contributed by atoms with Crippen molar-refractivity contribution in [3.63, 3.8) is 0 Å². The van der Waals surface area contributed by atoms with Gasteiger partial charge in [0, 0.05) is 37.8 Å². The third kappa shape index (κ3) is 6.48. The van der Waals surface area contributed by atoms with Gasteiger partial charge in [-0.1, -0.05) is 32.9 Å². The molecule has 1 aliphatic rings. The van der Waals surface area contributed by atoms with Gasteiger partial charge in [-0.3, -0.25) is 0 Å². The van der Waals surface area contributed by atoms with Gasteiger partial charge < -0.3 is 19.0 Å². The summed E-state index contributed by atoms with van der Waals surface area (Å²) in [5.74, 6) is 0.471. The molecule has 1 aliphatic heterocycles. The predicted molar refractivity (Wildman–Crippen MR) is 137 cm³/mol. The first-order chi connectivity index (χ1) is 15.3. The van der Waals surface area contributed by atoms with Crippen LogP contribution < -0.4 is 14.5 Å². The Morgan fingerprint density at radius 2 is 1.58 bits per heavy atom. The highest BCUT2D eigenvalue weighted by Crippen LogP contribution is 2.37. The van der Waals surface area contributed by atoms with Gasteiger partial charge in [-0.15, -0.1) is 0 Å². The molecule has 0 bridgehead atoms. The van der Waals surface area contributed by atoms with Crippen LogP contribution in [0.25, 0.3) is 0 Å². The second-order valence-corrected chi connectivity index (χ2v) is 16.2. The summed E-state index contributed by atoms with van der Waals surface area (Å²) >= 11 is 0. The molecule has 5 nitrogen and oxygen atoms in total. The first kappa shape index (κ1) is 25.5. The predicted octanol–water partition coefficient (Wildman–Crippen LogP) is 6.25. The van der Waals surface area contributed by atoms with Gasteiger partial charge in [0.1, 0.15) is 5.60 Å². The summed E-state index contributed by atoms with van der Waals surface area (Å²) in [7, 11) is -1.93. The summed E-state index contributed by atoms with van der Waals surface area (Å²) in [6, 6.07) is 9.62. The minimum Gasteiger partial charge on any atom is -0.472 e. The standard InChI is InChI=1S/C26H40FN3O2Si/c1-25(2,3)32-23-13-12-21(18-28-23)29-14-16-30(17-15-29)22-11-9-10-20(24(22)27)19-31-33(7,8)26(4,5)6/h9-13,18H,14-17,19H2,1-8H3. The Labute approximate surface area is 200 Å². The van der Waals surface area contributed by atoms with E-state index in [0.717, 1.165) is 31.9 Å². The molecule has 0 N–H and O–H groups in total. The molecule has 0 amide bonds. The van der Waals surface area contributed by atoms with E-state index in [9.17, 15) is 0 Å². The van der Waals surface area contributed by atoms with Gasteiger partial charge in [0.15, 0.2) is 14.1 Å². The number of nitrogens with zero attached hydrogens (tertiary/aromatic N) is 3. The van der Waals surface area contributed by atoms with Crippen LogP contribution >= 0.6 is 0 Å². The van der Waals surface area contributed by atoms with E-state index in [4.69, 9.17) is 9.16 Å². The maximum absolute atomic E-state index is 15.4. The quantitative estimate of drug-likeness (QED) is 0.464. The summed E-state index contributed by atoms with van der Waals surface area (Å²) in [6.45, 7) is 20.5. The van der Waals surface area contributed by atoms with Gasteiger partial charge in [-0.05, 0) is 51.0 Å². The van der Waals surface area contributed by atoms with Crippen LogP contribution in [0.4, 0.5) is 15.8 Å². The SMILES string of the molecule is CC(C)(C)Oc1ccc(N2CCN(c3cccc(CO[Si](C)(C)C(C)(C)C)c3F)CC2)cn1. The van der Waals surface area contributed by atoms with E-state index in [1.54, 1.807) is 0 Å². The highest BCUT2D eigenvalue weighted by atomic mass is 28.4. The molecule has 1 fully saturated rings. The molecule has 0 spiro atoms. The average molecular weight is 474 g/mol. The molecule has 7 heteroatoms. The first-order valence-corrected chi connectivity index (χ1v) is 14.7. The molecule has 3 rings (SSSR count). The van der Waals surface area contributed by atoms with Crippen molar-refractivity contribution in [2.24, 2.45) is 0 Å². The van der Waals surface area contributed by atoms with Gasteiger partial charge >= 0.3 is 0 Å². The molecule has 1 saturated heterocycles. The van der Waals surface area contributed by atoms with Gasteiger partial charge in [0.25, 0.3) is 0 Å². The number of benzene rings is 1. The van der Waals surface area contributed by atoms with E-state index in [1.807, 2.05) is 57.3 Å². The lowest BCUT2D eigenvalue weighted by molar-refractivity contribution is 0.124. The lowest BCUT2D eigenvalue weighted by Crippen LogP contribution is -2.47. The lowest BCUT2D eigenvalue weighted by atomic mass is 10.1. The Kier molecular flexibility index (Phi) is 7.44. The second-order valence-electron chi connectivity index (χ2n) is 11.3. The molecule has 33 heavy (non-hydrogen) atoms. The van der Waals surface area contributed by atoms with Crippen molar-refractivity contribution in [2.75, 3.05) is 36.0 Å². The highest BCUT2D eigenvalue weighted by molar-refractivity contribution is 6.74. The largest absolute Gasteiger partial charge is 0.472 e. The Morgan fingerprint density at radius 3 is 2.12 bits per heavy atom. The molecule has 0 unspecified atom stereocenters. The van der Waals surface area contributed by atoms with Crippen LogP contribution in [0, 0.1) is 5.82 Å². The second kappa shape index (κ2) is 9.62. The molecule has 1 aromatic heterocycles. The monoisotopic (exact) mass is 473 g/mol. The maximum atomic E-state index is 15.4. The number of ether oxygens (including phenoxy) is 1. The van der Waals surface area contributed by atoms with Crippen LogP contribution in [-0.2, 0) is 11.0 Å². The van der Waals surface area contributed by atoms with E-state index >= 15 is 4.39 Å². The fourth-order valence-corrected chi connectivity index (χ4v) is 4.49. The zero-order valence-electron chi connectivity index (χ0n) is 21.5. The molecular weight excluding hydrogens is 433 g/mol. The Bertz CT molecular complexity index is 928. The zero-order valence-corrected chi connectivity index (χ0v) is 22.5. The van der Waals surface area contributed by atoms with E-state index in [1.165, 1.54) is 0 Å². The van der Waals surface area contributed by atoms with Crippen molar-refractivity contribution in [1.29, 1.82) is 0 Å². The molecule has 182 valence electrons. The van der Waals surface area contributed by atoms with Crippen LogP contribution in [0.5, 0.6) is 5.88 Å². The summed E-state index contributed by atoms with van der Waals surface area (Å²) in [6.07, 6.45) is 1.86. The molecule has 0 aliphatic carbocycles. The van der Waals surface area contributed by atoms with Gasteiger partial charge in [-0.25, -0.2) is 9.37 Å². The molecule has 0 atom stereocenters. The van der Waals surface area contributed by atoms with Gasteiger partial charge in [0.05, 0.1) is 24.2 Å². The van der Waals surface area contributed by atoms with Crippen LogP contribution in [0.1, 0.15) is 47.1 Å². The van der Waals surface area contributed by atoms with Crippen LogP contribution in [0.15, 0.2) is 36.5 Å². The number of hydrogen-bond acceptors (Lipinski definition) is 5. The molecular formula is C26H40FN3O2Si. The van der Waals surface area contributed by atoms with Crippen molar-refractivity contribution in [1.82, 2.24) is 4.98 Å². The minimum absolute atomic E-state index is 0.101. The zero-order chi connectivity index (χ0) is 24.4. The highest BCUT2D eigenvalue weighted by Gasteiger charge is 2.37. The number of anilines is 2. The fraction of sp³-hybridized carbons (Fsp3) is 0.577. The van der Waals surface area contributed by atoms with Crippen LogP contribution in [-0.4, -0.2) is 45.1 Å². The molecule has 2 heterocycles. The van der Waals surface area contributed by atoms with E-state index in [2.05, 4.69) is 48.6 Å². The topological polar surface area (TPSA) is 37.8 Å².